The lowest BCUT2D eigenvalue weighted by molar-refractivity contribution is -0.301. The first kappa shape index (κ1) is 54.1. The van der Waals surface area contributed by atoms with E-state index in [9.17, 15) is 28.5 Å². The number of unbranched alkanes of at least 4 members (excludes halogenated alkanes) is 17. The van der Waals surface area contributed by atoms with Crippen molar-refractivity contribution in [2.75, 3.05) is 26.4 Å². The third kappa shape index (κ3) is 30.1. The molecule has 1 aliphatic heterocycles. The van der Waals surface area contributed by atoms with Crippen molar-refractivity contribution < 1.29 is 56.2 Å². The maximum Gasteiger partial charge on any atom is 0.397 e. The molecule has 1 aliphatic rings. The van der Waals surface area contributed by atoms with Gasteiger partial charge in [-0.2, -0.15) is 8.42 Å². The molecule has 1 fully saturated rings. The minimum atomic E-state index is -5.06. The fourth-order valence-electron chi connectivity index (χ4n) is 6.50. The predicted octanol–water partition coefficient (Wildman–Crippen LogP) is 9.19. The molecule has 12 nitrogen and oxygen atoms in total. The second kappa shape index (κ2) is 36.9. The molecule has 4 N–H and O–H groups in total. The van der Waals surface area contributed by atoms with Gasteiger partial charge in [-0.1, -0.05) is 140 Å². The second-order valence-corrected chi connectivity index (χ2v) is 16.3. The lowest BCUT2D eigenvalue weighted by Crippen LogP contribution is -2.60. The van der Waals surface area contributed by atoms with Gasteiger partial charge >= 0.3 is 16.4 Å². The summed E-state index contributed by atoms with van der Waals surface area (Å²) in [6.45, 7) is 3.86. The Morgan fingerprint density at radius 3 is 1.71 bits per heavy atom. The van der Waals surface area contributed by atoms with Crippen molar-refractivity contribution in [2.24, 2.45) is 0 Å². The Labute approximate surface area is 351 Å². The highest BCUT2D eigenvalue weighted by Gasteiger charge is 2.48. The fourth-order valence-corrected chi connectivity index (χ4v) is 7.01. The Kier molecular flexibility index (Phi) is 34.4. The van der Waals surface area contributed by atoms with Gasteiger partial charge in [-0.25, -0.2) is 4.18 Å². The van der Waals surface area contributed by atoms with Gasteiger partial charge in [0, 0.05) is 13.0 Å². The molecule has 6 atom stereocenters. The molecule has 1 heterocycles. The van der Waals surface area contributed by atoms with Crippen molar-refractivity contribution in [3.63, 3.8) is 0 Å². The average Bonchev–Trinajstić information content (AvgIpc) is 3.19. The molecule has 0 aromatic heterocycles. The van der Waals surface area contributed by atoms with E-state index in [1.54, 1.807) is 0 Å². The van der Waals surface area contributed by atoms with E-state index in [2.05, 4.69) is 66.6 Å². The molecule has 1 rings (SSSR count). The van der Waals surface area contributed by atoms with Crippen LogP contribution in [0.25, 0.3) is 0 Å². The van der Waals surface area contributed by atoms with Gasteiger partial charge in [0.05, 0.1) is 19.8 Å². The van der Waals surface area contributed by atoms with Gasteiger partial charge in [-0.15, -0.1) is 0 Å². The molecular weight excluding hydrogens is 765 g/mol. The van der Waals surface area contributed by atoms with E-state index < -0.39 is 59.8 Å². The van der Waals surface area contributed by atoms with Crippen LogP contribution in [0.3, 0.4) is 0 Å². The molecule has 338 valence electrons. The summed E-state index contributed by atoms with van der Waals surface area (Å²) in [6, 6.07) is 0. The standard InChI is InChI=1S/C45H80O12S/c1-3-5-7-9-11-13-15-17-19-20-21-22-24-26-28-30-32-34-41(47)55-39(37-53-35-33-31-29-27-25-23-18-16-14-12-10-8-6-4-2)38-54-45-43(49)44(57-58(50,51)52)42(48)40(36-46)56-45/h8,10-11,13-14,16-17,19,39-40,42-46,48-49H,3-7,9,12,15,18,20-38H2,1-2H3,(H,50,51,52)/b10-8-,13-11-,16-14-,19-17-. The van der Waals surface area contributed by atoms with Crippen LogP contribution in [0.1, 0.15) is 168 Å². The number of aliphatic hydroxyl groups excluding tert-OH is 3. The van der Waals surface area contributed by atoms with Crippen LogP contribution >= 0.6 is 0 Å². The number of rotatable bonds is 38. The van der Waals surface area contributed by atoms with E-state index in [0.29, 0.717) is 13.0 Å². The monoisotopic (exact) mass is 845 g/mol. The van der Waals surface area contributed by atoms with E-state index in [1.165, 1.54) is 64.2 Å². The summed E-state index contributed by atoms with van der Waals surface area (Å²) in [4.78, 5) is 12.8. The molecule has 0 bridgehead atoms. The van der Waals surface area contributed by atoms with Gasteiger partial charge in [-0.3, -0.25) is 9.35 Å². The van der Waals surface area contributed by atoms with Crippen molar-refractivity contribution >= 4 is 16.4 Å². The van der Waals surface area contributed by atoms with Gasteiger partial charge in [-0.05, 0) is 70.6 Å². The molecule has 0 spiro atoms. The van der Waals surface area contributed by atoms with E-state index in [-0.39, 0.29) is 19.6 Å². The van der Waals surface area contributed by atoms with Crippen molar-refractivity contribution in [3.8, 4) is 0 Å². The zero-order valence-electron chi connectivity index (χ0n) is 35.8. The van der Waals surface area contributed by atoms with Crippen LogP contribution in [-0.4, -0.2) is 97.5 Å². The molecule has 1 saturated heterocycles. The first-order chi connectivity index (χ1) is 28.1. The van der Waals surface area contributed by atoms with E-state index in [4.69, 9.17) is 23.5 Å². The molecule has 0 amide bonds. The predicted molar refractivity (Wildman–Crippen MR) is 230 cm³/mol. The summed E-state index contributed by atoms with van der Waals surface area (Å²) in [5, 5.41) is 30.6. The maximum absolute atomic E-state index is 12.8. The van der Waals surface area contributed by atoms with Crippen molar-refractivity contribution in [1.29, 1.82) is 0 Å². The van der Waals surface area contributed by atoms with E-state index in [1.807, 2.05) is 0 Å². The highest BCUT2D eigenvalue weighted by molar-refractivity contribution is 7.80. The third-order valence-corrected chi connectivity index (χ3v) is 10.4. The van der Waals surface area contributed by atoms with Crippen LogP contribution in [-0.2, 0) is 38.3 Å². The lowest BCUT2D eigenvalue weighted by Gasteiger charge is -2.41. The molecular formula is C45H80O12S. The Morgan fingerprint density at radius 2 is 1.17 bits per heavy atom. The van der Waals surface area contributed by atoms with Gasteiger partial charge in [0.1, 0.15) is 30.5 Å². The maximum atomic E-state index is 12.8. The first-order valence-electron chi connectivity index (χ1n) is 22.4. The van der Waals surface area contributed by atoms with E-state index >= 15 is 0 Å². The third-order valence-electron chi connectivity index (χ3n) is 9.90. The lowest BCUT2D eigenvalue weighted by atomic mass is 9.99. The summed E-state index contributed by atoms with van der Waals surface area (Å²) in [7, 11) is -5.06. The SMILES string of the molecule is CCC/C=C\C/C=C\CCCCCCCCOCC(COC1OC(CO)C(O)C(OS(=O)(=O)O)C1O)OC(=O)CCCCCCCCC/C=C\C/C=C\CCCCC. The Hall–Kier alpha value is -1.94. The molecule has 13 heteroatoms. The Morgan fingerprint density at radius 1 is 0.655 bits per heavy atom. The molecule has 0 aromatic rings. The van der Waals surface area contributed by atoms with Crippen molar-refractivity contribution in [2.45, 2.75) is 205 Å². The Bertz CT molecular complexity index is 1200. The number of hydrogen-bond donors (Lipinski definition) is 4. The van der Waals surface area contributed by atoms with Crippen LogP contribution in [0.15, 0.2) is 48.6 Å². The van der Waals surface area contributed by atoms with Gasteiger partial charge in [0.25, 0.3) is 0 Å². The van der Waals surface area contributed by atoms with Crippen LogP contribution in [0.5, 0.6) is 0 Å². The quantitative estimate of drug-likeness (QED) is 0.0201. The topological polar surface area (TPSA) is 178 Å². The van der Waals surface area contributed by atoms with Gasteiger partial charge in [0.2, 0.25) is 0 Å². The number of hydrogen-bond acceptors (Lipinski definition) is 11. The smallest absolute Gasteiger partial charge is 0.397 e. The van der Waals surface area contributed by atoms with Crippen molar-refractivity contribution in [1.82, 2.24) is 0 Å². The van der Waals surface area contributed by atoms with Crippen LogP contribution < -0.4 is 0 Å². The highest BCUT2D eigenvalue weighted by atomic mass is 32.3. The first-order valence-corrected chi connectivity index (χ1v) is 23.8. The number of aliphatic hydroxyl groups is 3. The molecule has 0 aromatic carbocycles. The molecule has 6 unspecified atom stereocenters. The summed E-state index contributed by atoms with van der Waals surface area (Å²) in [5.41, 5.74) is 0. The molecule has 0 radical (unpaired) electrons. The number of ether oxygens (including phenoxy) is 4. The largest absolute Gasteiger partial charge is 0.457 e. The zero-order chi connectivity index (χ0) is 42.5. The fraction of sp³-hybridized carbons (Fsp3) is 0.800. The van der Waals surface area contributed by atoms with Crippen LogP contribution in [0.2, 0.25) is 0 Å². The minimum absolute atomic E-state index is 0.0243. The Balaban J connectivity index is 2.45. The van der Waals surface area contributed by atoms with E-state index in [0.717, 1.165) is 77.0 Å². The molecule has 0 aliphatic carbocycles. The molecule has 58 heavy (non-hydrogen) atoms. The van der Waals surface area contributed by atoms with Crippen LogP contribution in [0.4, 0.5) is 0 Å². The normalized spacial score (nSPS) is 21.0. The number of esters is 1. The summed E-state index contributed by atoms with van der Waals surface area (Å²) in [6.07, 6.45) is 34.2. The average molecular weight is 845 g/mol. The second-order valence-electron chi connectivity index (χ2n) is 15.3. The number of carbonyl (C=O) groups is 1. The minimum Gasteiger partial charge on any atom is -0.457 e. The van der Waals surface area contributed by atoms with Gasteiger partial charge < -0.3 is 34.3 Å². The summed E-state index contributed by atoms with van der Waals surface area (Å²) in [5.74, 6) is -0.413. The number of carbonyl (C=O) groups excluding carboxylic acids is 1. The van der Waals surface area contributed by atoms with Crippen molar-refractivity contribution in [3.05, 3.63) is 48.6 Å². The highest BCUT2D eigenvalue weighted by Crippen LogP contribution is 2.26. The number of allylic oxidation sites excluding steroid dienone is 8. The summed E-state index contributed by atoms with van der Waals surface area (Å²) < 4.78 is 59.0. The zero-order valence-corrected chi connectivity index (χ0v) is 36.7. The summed E-state index contributed by atoms with van der Waals surface area (Å²) >= 11 is 0. The molecule has 0 saturated carbocycles. The van der Waals surface area contributed by atoms with Gasteiger partial charge in [0.15, 0.2) is 6.29 Å². The van der Waals surface area contributed by atoms with Crippen LogP contribution in [0, 0.1) is 0 Å².